The van der Waals surface area contributed by atoms with Crippen LogP contribution in [0.2, 0.25) is 0 Å². The minimum Gasteiger partial charge on any atom is -0.352 e. The highest BCUT2D eigenvalue weighted by atomic mass is 19.1. The highest BCUT2D eigenvalue weighted by Gasteiger charge is 2.22. The number of halogens is 1. The Labute approximate surface area is 121 Å². The van der Waals surface area contributed by atoms with E-state index in [1.165, 1.54) is 6.33 Å². The molecule has 1 fully saturated rings. The summed E-state index contributed by atoms with van der Waals surface area (Å²) in [5, 5.41) is 3.89. The van der Waals surface area contributed by atoms with Crippen molar-refractivity contribution < 1.29 is 8.91 Å². The average Bonchev–Trinajstić information content (AvgIpc) is 2.88. The molecule has 0 amide bonds. The van der Waals surface area contributed by atoms with Gasteiger partial charge >= 0.3 is 0 Å². The van der Waals surface area contributed by atoms with E-state index < -0.39 is 0 Å². The molecule has 8 heteroatoms. The van der Waals surface area contributed by atoms with Gasteiger partial charge in [-0.25, -0.2) is 14.4 Å². The summed E-state index contributed by atoms with van der Waals surface area (Å²) in [6.07, 6.45) is 1.40. The molecule has 0 atom stereocenters. The molecule has 0 bridgehead atoms. The van der Waals surface area contributed by atoms with E-state index in [0.29, 0.717) is 42.9 Å². The Kier molecular flexibility index (Phi) is 3.78. The zero-order valence-corrected chi connectivity index (χ0v) is 12.1. The number of aromatic nitrogens is 4. The van der Waals surface area contributed by atoms with Crippen LogP contribution in [-0.4, -0.2) is 51.2 Å². The number of aryl methyl sites for hydroxylation is 2. The summed E-state index contributed by atoms with van der Waals surface area (Å²) in [4.78, 5) is 16.3. The van der Waals surface area contributed by atoms with E-state index in [9.17, 15) is 4.39 Å². The fourth-order valence-electron chi connectivity index (χ4n) is 2.39. The van der Waals surface area contributed by atoms with Gasteiger partial charge in [-0.2, -0.15) is 4.98 Å². The van der Waals surface area contributed by atoms with Gasteiger partial charge in [0.05, 0.1) is 12.2 Å². The van der Waals surface area contributed by atoms with Crippen molar-refractivity contribution in [3.8, 4) is 0 Å². The molecule has 0 saturated carbocycles. The van der Waals surface area contributed by atoms with E-state index >= 15 is 0 Å². The zero-order chi connectivity index (χ0) is 14.8. The third-order valence-electron chi connectivity index (χ3n) is 3.55. The maximum absolute atomic E-state index is 14.0. The van der Waals surface area contributed by atoms with Crippen LogP contribution >= 0.6 is 0 Å². The van der Waals surface area contributed by atoms with E-state index in [2.05, 4.69) is 25.0 Å². The first-order chi connectivity index (χ1) is 10.1. The Morgan fingerprint density at radius 3 is 2.62 bits per heavy atom. The summed E-state index contributed by atoms with van der Waals surface area (Å²) in [6.45, 7) is 7.10. The number of nitrogens with zero attached hydrogens (tertiary/aromatic N) is 6. The quantitative estimate of drug-likeness (QED) is 0.833. The molecule has 1 aliphatic heterocycles. The molecule has 1 saturated heterocycles. The second-order valence-corrected chi connectivity index (χ2v) is 5.09. The van der Waals surface area contributed by atoms with Gasteiger partial charge in [-0.3, -0.25) is 4.90 Å². The fraction of sp³-hybridized carbons (Fsp3) is 0.538. The minimum atomic E-state index is -0.334. The van der Waals surface area contributed by atoms with Crippen LogP contribution in [0.1, 0.15) is 17.4 Å². The first-order valence-electron chi connectivity index (χ1n) is 6.87. The van der Waals surface area contributed by atoms with Crippen molar-refractivity contribution in [2.75, 3.05) is 31.1 Å². The Morgan fingerprint density at radius 1 is 1.19 bits per heavy atom. The largest absolute Gasteiger partial charge is 0.352 e. The second kappa shape index (κ2) is 5.72. The van der Waals surface area contributed by atoms with Crippen LogP contribution in [0.15, 0.2) is 10.9 Å². The number of hydrogen-bond donors (Lipinski definition) is 0. The van der Waals surface area contributed by atoms with Gasteiger partial charge < -0.3 is 9.42 Å². The fourth-order valence-corrected chi connectivity index (χ4v) is 2.39. The summed E-state index contributed by atoms with van der Waals surface area (Å²) >= 11 is 0. The normalized spacial score (nSPS) is 16.4. The summed E-state index contributed by atoms with van der Waals surface area (Å²) in [6, 6.07) is 0. The van der Waals surface area contributed by atoms with Gasteiger partial charge in [0.1, 0.15) is 6.33 Å². The number of anilines is 1. The van der Waals surface area contributed by atoms with Crippen molar-refractivity contribution in [2.45, 2.75) is 20.4 Å². The van der Waals surface area contributed by atoms with Crippen molar-refractivity contribution in [2.24, 2.45) is 0 Å². The van der Waals surface area contributed by atoms with E-state index in [1.54, 1.807) is 13.8 Å². The number of piperazine rings is 1. The van der Waals surface area contributed by atoms with E-state index in [4.69, 9.17) is 4.52 Å². The van der Waals surface area contributed by atoms with Gasteiger partial charge in [0.25, 0.3) is 0 Å². The molecular formula is C13H17FN6O. The molecule has 0 N–H and O–H groups in total. The molecular weight excluding hydrogens is 275 g/mol. The first-order valence-corrected chi connectivity index (χ1v) is 6.87. The maximum Gasteiger partial charge on any atom is 0.223 e. The topological polar surface area (TPSA) is 71.2 Å². The molecule has 0 aromatic carbocycles. The lowest BCUT2D eigenvalue weighted by molar-refractivity contribution is 0.239. The highest BCUT2D eigenvalue weighted by molar-refractivity contribution is 5.41. The summed E-state index contributed by atoms with van der Waals surface area (Å²) in [5.41, 5.74) is 0.379. The highest BCUT2D eigenvalue weighted by Crippen LogP contribution is 2.19. The molecule has 21 heavy (non-hydrogen) atoms. The summed E-state index contributed by atoms with van der Waals surface area (Å²) < 4.78 is 19.0. The molecule has 3 rings (SSSR count). The molecule has 0 aliphatic carbocycles. The molecule has 2 aromatic rings. The molecule has 0 spiro atoms. The molecule has 0 unspecified atom stereocenters. The zero-order valence-electron chi connectivity index (χ0n) is 12.1. The van der Waals surface area contributed by atoms with Crippen LogP contribution in [0.5, 0.6) is 0 Å². The van der Waals surface area contributed by atoms with Crippen LogP contribution in [-0.2, 0) is 6.54 Å². The van der Waals surface area contributed by atoms with Crippen LogP contribution in [0.3, 0.4) is 0 Å². The Morgan fingerprint density at radius 2 is 1.95 bits per heavy atom. The Balaban J connectivity index is 1.61. The lowest BCUT2D eigenvalue weighted by Crippen LogP contribution is -2.46. The predicted octanol–water partition coefficient (Wildman–Crippen LogP) is 0.938. The average molecular weight is 292 g/mol. The van der Waals surface area contributed by atoms with Gasteiger partial charge in [0.15, 0.2) is 17.5 Å². The molecule has 1 aliphatic rings. The minimum absolute atomic E-state index is 0.334. The van der Waals surface area contributed by atoms with E-state index in [1.807, 2.05) is 4.90 Å². The van der Waals surface area contributed by atoms with Crippen molar-refractivity contribution in [3.63, 3.8) is 0 Å². The van der Waals surface area contributed by atoms with Crippen LogP contribution in [0.4, 0.5) is 10.2 Å². The number of rotatable bonds is 3. The van der Waals surface area contributed by atoms with Gasteiger partial charge in [0, 0.05) is 33.1 Å². The third-order valence-corrected chi connectivity index (χ3v) is 3.55. The van der Waals surface area contributed by atoms with E-state index in [0.717, 1.165) is 13.1 Å². The third kappa shape index (κ3) is 2.99. The van der Waals surface area contributed by atoms with E-state index in [-0.39, 0.29) is 5.82 Å². The van der Waals surface area contributed by atoms with Gasteiger partial charge in [-0.05, 0) is 6.92 Å². The SMILES string of the molecule is Cc1nc(CN2CCN(c3ncnc(C)c3F)CC2)no1. The van der Waals surface area contributed by atoms with Crippen LogP contribution < -0.4 is 4.90 Å². The van der Waals surface area contributed by atoms with Gasteiger partial charge in [-0.1, -0.05) is 5.16 Å². The molecule has 2 aromatic heterocycles. The second-order valence-electron chi connectivity index (χ2n) is 5.09. The maximum atomic E-state index is 14.0. The van der Waals surface area contributed by atoms with Gasteiger partial charge in [-0.15, -0.1) is 0 Å². The number of hydrogen-bond acceptors (Lipinski definition) is 7. The molecule has 7 nitrogen and oxygen atoms in total. The summed E-state index contributed by atoms with van der Waals surface area (Å²) in [5.74, 6) is 1.31. The lowest BCUT2D eigenvalue weighted by Gasteiger charge is -2.34. The van der Waals surface area contributed by atoms with Crippen molar-refractivity contribution in [1.29, 1.82) is 0 Å². The van der Waals surface area contributed by atoms with Crippen molar-refractivity contribution in [1.82, 2.24) is 25.0 Å². The molecule has 3 heterocycles. The van der Waals surface area contributed by atoms with Crippen molar-refractivity contribution >= 4 is 5.82 Å². The Bertz CT molecular complexity index is 623. The predicted molar refractivity (Wildman–Crippen MR) is 73.3 cm³/mol. The lowest BCUT2D eigenvalue weighted by atomic mass is 10.3. The standard InChI is InChI=1S/C13H17FN6O/c1-9-12(14)13(16-8-15-9)20-5-3-19(4-6-20)7-11-17-10(2)21-18-11/h8H,3-7H2,1-2H3. The summed E-state index contributed by atoms with van der Waals surface area (Å²) in [7, 11) is 0. The van der Waals surface area contributed by atoms with Crippen LogP contribution in [0.25, 0.3) is 0 Å². The monoisotopic (exact) mass is 292 g/mol. The van der Waals surface area contributed by atoms with Gasteiger partial charge in [0.2, 0.25) is 5.89 Å². The first kappa shape index (κ1) is 13.9. The van der Waals surface area contributed by atoms with Crippen molar-refractivity contribution in [3.05, 3.63) is 29.6 Å². The van der Waals surface area contributed by atoms with Crippen LogP contribution in [0, 0.1) is 19.7 Å². The Hall–Kier alpha value is -2.09. The molecule has 0 radical (unpaired) electrons. The smallest absolute Gasteiger partial charge is 0.223 e. The molecule has 112 valence electrons.